The smallest absolute Gasteiger partial charge is 0.488 e. The van der Waals surface area contributed by atoms with E-state index in [0.717, 1.165) is 0 Å². The van der Waals surface area contributed by atoms with Crippen LogP contribution in [0.5, 0.6) is 34.5 Å². The van der Waals surface area contributed by atoms with E-state index in [-0.39, 0.29) is 50.7 Å². The Morgan fingerprint density at radius 3 is 1.52 bits per heavy atom. The predicted octanol–water partition coefficient (Wildman–Crippen LogP) is 6.24. The van der Waals surface area contributed by atoms with Gasteiger partial charge < -0.3 is 39.4 Å². The Hall–Kier alpha value is -2.50. The molecule has 4 aromatic carbocycles. The molecule has 0 bridgehead atoms. The van der Waals surface area contributed by atoms with Gasteiger partial charge >= 0.3 is 14.2 Å². The lowest BCUT2D eigenvalue weighted by Crippen LogP contribution is -2.30. The molecule has 0 saturated heterocycles. The number of rotatable bonds is 7. The molecule has 0 unspecified atom stereocenters. The van der Waals surface area contributed by atoms with E-state index in [1.165, 1.54) is 37.4 Å². The Morgan fingerprint density at radius 1 is 0.595 bits per heavy atom. The van der Waals surface area contributed by atoms with Crippen molar-refractivity contribution in [2.24, 2.45) is 0 Å². The van der Waals surface area contributed by atoms with E-state index in [0.29, 0.717) is 32.9 Å². The average molecular weight is 676 g/mol. The highest BCUT2D eigenvalue weighted by atomic mass is 35.5. The first kappa shape index (κ1) is 35.7. The van der Waals surface area contributed by atoms with Gasteiger partial charge in [-0.1, -0.05) is 71.5 Å². The minimum atomic E-state index is -1.67. The molecule has 4 rings (SSSR count). The van der Waals surface area contributed by atoms with Crippen LogP contribution >= 0.6 is 58.0 Å². The van der Waals surface area contributed by atoms with Gasteiger partial charge in [-0.3, -0.25) is 0 Å². The lowest BCUT2D eigenvalue weighted by Gasteiger charge is -2.14. The van der Waals surface area contributed by atoms with Crippen molar-refractivity contribution in [3.63, 3.8) is 0 Å². The van der Waals surface area contributed by atoms with Crippen molar-refractivity contribution in [3.05, 3.63) is 91.3 Å². The van der Waals surface area contributed by atoms with E-state index in [1.54, 1.807) is 37.3 Å². The Balaban J connectivity index is 0.000000287. The van der Waals surface area contributed by atoms with E-state index in [4.69, 9.17) is 92.3 Å². The lowest BCUT2D eigenvalue weighted by molar-refractivity contribution is 0.379. The largest absolute Gasteiger partial charge is 0.504 e. The third-order valence-electron chi connectivity index (χ3n) is 5.34. The minimum Gasteiger partial charge on any atom is -0.504 e. The fraction of sp³-hybridized carbons (Fsp3) is 0.111. The van der Waals surface area contributed by atoms with Crippen molar-refractivity contribution in [3.8, 4) is 34.5 Å². The van der Waals surface area contributed by atoms with Crippen molar-refractivity contribution >= 4 is 83.2 Å². The fourth-order valence-corrected chi connectivity index (χ4v) is 4.61. The first-order chi connectivity index (χ1) is 19.3. The van der Waals surface area contributed by atoms with Crippen LogP contribution in [0.25, 0.3) is 0 Å². The van der Waals surface area contributed by atoms with Gasteiger partial charge in [-0.25, -0.2) is 0 Å². The number of ether oxygens (including phenoxy) is 3. The molecular weight excluding hydrogens is 651 g/mol. The standard InChI is InChI=1S/C13H10BCl3O4.C13H11BCl2O4.CH4/c1-20-12-6-8(15)2-3-11(12)21-13-9(16)4-7(14(18)19)5-10(13)17;1-7-4-8(14(18)19)5-10(16)13(7)20-12-3-2-9(15)6-11(12)17;/h2-6,18-19H,1H3;2-6,17-19H,1H3;1H4. The predicted molar refractivity (Wildman–Crippen MR) is 170 cm³/mol. The molecule has 0 saturated carbocycles. The molecule has 4 aromatic rings. The van der Waals surface area contributed by atoms with Crippen molar-refractivity contribution in [2.75, 3.05) is 7.11 Å². The molecule has 0 atom stereocenters. The number of benzene rings is 4. The molecule has 15 heteroatoms. The molecule has 0 heterocycles. The number of aryl methyl sites for hydroxylation is 1. The van der Waals surface area contributed by atoms with Gasteiger partial charge in [0.05, 0.1) is 22.2 Å². The summed E-state index contributed by atoms with van der Waals surface area (Å²) in [5.41, 5.74) is 1.04. The number of methoxy groups -OCH3 is 1. The summed E-state index contributed by atoms with van der Waals surface area (Å²) >= 11 is 29.8. The summed E-state index contributed by atoms with van der Waals surface area (Å²) in [7, 11) is -1.80. The normalized spacial score (nSPS) is 10.2. The van der Waals surface area contributed by atoms with Crippen LogP contribution in [0.2, 0.25) is 25.1 Å². The van der Waals surface area contributed by atoms with Crippen LogP contribution in [-0.2, 0) is 0 Å². The van der Waals surface area contributed by atoms with Gasteiger partial charge in [-0.2, -0.15) is 0 Å². The van der Waals surface area contributed by atoms with Crippen molar-refractivity contribution in [1.29, 1.82) is 0 Å². The molecule has 222 valence electrons. The number of phenolic OH excluding ortho intramolecular Hbond substituents is 1. The van der Waals surface area contributed by atoms with E-state index in [2.05, 4.69) is 0 Å². The Kier molecular flexibility index (Phi) is 13.4. The summed E-state index contributed by atoms with van der Waals surface area (Å²) in [6.07, 6.45) is 0. The van der Waals surface area contributed by atoms with Gasteiger partial charge in [0.2, 0.25) is 0 Å². The zero-order chi connectivity index (χ0) is 30.4. The van der Waals surface area contributed by atoms with E-state index in [1.807, 2.05) is 0 Å². The zero-order valence-corrected chi connectivity index (χ0v) is 25.1. The number of phenols is 1. The van der Waals surface area contributed by atoms with Gasteiger partial charge in [0.25, 0.3) is 0 Å². The molecule has 0 aliphatic heterocycles. The second kappa shape index (κ2) is 15.8. The van der Waals surface area contributed by atoms with Crippen LogP contribution in [0.4, 0.5) is 0 Å². The van der Waals surface area contributed by atoms with Gasteiger partial charge in [0.15, 0.2) is 28.7 Å². The maximum absolute atomic E-state index is 9.74. The van der Waals surface area contributed by atoms with Crippen LogP contribution in [0.1, 0.15) is 13.0 Å². The molecule has 8 nitrogen and oxygen atoms in total. The number of halogens is 5. The van der Waals surface area contributed by atoms with Crippen molar-refractivity contribution in [1.82, 2.24) is 0 Å². The fourth-order valence-electron chi connectivity index (χ4n) is 3.38. The molecule has 0 amide bonds. The highest BCUT2D eigenvalue weighted by molar-refractivity contribution is 6.60. The van der Waals surface area contributed by atoms with Crippen LogP contribution in [0.3, 0.4) is 0 Å². The lowest BCUT2D eigenvalue weighted by atomic mass is 9.79. The van der Waals surface area contributed by atoms with Crippen LogP contribution in [-0.4, -0.2) is 46.5 Å². The monoisotopic (exact) mass is 674 g/mol. The first-order valence-electron chi connectivity index (χ1n) is 11.5. The molecule has 0 aliphatic carbocycles. The molecule has 0 aromatic heterocycles. The van der Waals surface area contributed by atoms with Crippen molar-refractivity contribution in [2.45, 2.75) is 14.4 Å². The number of aromatic hydroxyl groups is 1. The summed E-state index contributed by atoms with van der Waals surface area (Å²) in [5.74, 6) is 1.40. The van der Waals surface area contributed by atoms with Crippen molar-refractivity contribution < 1.29 is 39.4 Å². The van der Waals surface area contributed by atoms with Crippen LogP contribution in [0.15, 0.2) is 60.7 Å². The molecule has 0 aliphatic rings. The third kappa shape index (κ3) is 9.25. The Labute approximate surface area is 268 Å². The number of hydrogen-bond acceptors (Lipinski definition) is 8. The summed E-state index contributed by atoms with van der Waals surface area (Å²) in [6, 6.07) is 14.9. The van der Waals surface area contributed by atoms with Gasteiger partial charge in [-0.05, 0) is 65.9 Å². The van der Waals surface area contributed by atoms with Crippen LogP contribution < -0.4 is 25.1 Å². The summed E-state index contributed by atoms with van der Waals surface area (Å²) in [4.78, 5) is 0. The van der Waals surface area contributed by atoms with Gasteiger partial charge in [0, 0.05) is 22.2 Å². The maximum atomic E-state index is 9.74. The topological polar surface area (TPSA) is 129 Å². The molecule has 0 fully saturated rings. The second-order valence-corrected chi connectivity index (χ2v) is 10.4. The Bertz CT molecular complexity index is 1490. The van der Waals surface area contributed by atoms with Crippen LogP contribution in [0, 0.1) is 6.92 Å². The van der Waals surface area contributed by atoms with Gasteiger partial charge in [-0.15, -0.1) is 0 Å². The van der Waals surface area contributed by atoms with E-state index < -0.39 is 14.2 Å². The van der Waals surface area contributed by atoms with Gasteiger partial charge in [0.1, 0.15) is 5.75 Å². The molecule has 42 heavy (non-hydrogen) atoms. The summed E-state index contributed by atoms with van der Waals surface area (Å²) in [5, 5.41) is 47.6. The zero-order valence-electron chi connectivity index (χ0n) is 21.3. The highest BCUT2D eigenvalue weighted by Gasteiger charge is 2.19. The van der Waals surface area contributed by atoms with E-state index in [9.17, 15) is 5.11 Å². The first-order valence-corrected chi connectivity index (χ1v) is 13.4. The average Bonchev–Trinajstić information content (AvgIpc) is 2.90. The quantitative estimate of drug-likeness (QED) is 0.146. The molecule has 0 spiro atoms. The second-order valence-electron chi connectivity index (χ2n) is 8.32. The summed E-state index contributed by atoms with van der Waals surface area (Å²) in [6.45, 7) is 1.71. The maximum Gasteiger partial charge on any atom is 0.488 e. The third-order valence-corrected chi connectivity index (χ3v) is 6.65. The number of hydrogen-bond donors (Lipinski definition) is 5. The molecule has 5 N–H and O–H groups in total. The Morgan fingerprint density at radius 2 is 1.05 bits per heavy atom. The SMILES string of the molecule is C.COc1cc(Cl)ccc1Oc1c(Cl)cc(B(O)O)cc1Cl.Cc1cc(B(O)O)cc(Cl)c1Oc1ccc(Cl)cc1O. The highest BCUT2D eigenvalue weighted by Crippen LogP contribution is 2.40. The molecular formula is C27H25B2Cl5O8. The summed E-state index contributed by atoms with van der Waals surface area (Å²) < 4.78 is 16.4. The molecule has 0 radical (unpaired) electrons. The minimum absolute atomic E-state index is 0. The van der Waals surface area contributed by atoms with E-state index >= 15 is 0 Å².